The first-order valence-corrected chi connectivity index (χ1v) is 13.8. The van der Waals surface area contributed by atoms with Crippen LogP contribution in [0.5, 0.6) is 0 Å². The van der Waals surface area contributed by atoms with E-state index in [1.165, 1.54) is 34.4 Å². The molecule has 1 aliphatic rings. The number of nitrogens with one attached hydrogen (secondary N) is 1. The Kier molecular flexibility index (Phi) is 7.99. The van der Waals surface area contributed by atoms with E-state index in [2.05, 4.69) is 21.9 Å². The van der Waals surface area contributed by atoms with Gasteiger partial charge in [-0.2, -0.15) is 0 Å². The van der Waals surface area contributed by atoms with Crippen molar-refractivity contribution >= 4 is 57.2 Å². The minimum Gasteiger partial charge on any atom is -0.365 e. The lowest BCUT2D eigenvalue weighted by Gasteiger charge is -2.31. The minimum atomic E-state index is -0.572. The van der Waals surface area contributed by atoms with E-state index >= 15 is 0 Å². The second kappa shape index (κ2) is 11.1. The third-order valence-electron chi connectivity index (χ3n) is 5.67. The van der Waals surface area contributed by atoms with Crippen molar-refractivity contribution in [2.24, 2.45) is 5.73 Å². The molecular weight excluding hydrogens is 502 g/mol. The van der Waals surface area contributed by atoms with Crippen LogP contribution in [0.15, 0.2) is 46.8 Å². The van der Waals surface area contributed by atoms with Crippen molar-refractivity contribution in [3.05, 3.63) is 69.1 Å². The number of rotatable bonds is 8. The number of primary amides is 1. The highest BCUT2D eigenvalue weighted by molar-refractivity contribution is 7.99. The number of amides is 3. The highest BCUT2D eigenvalue weighted by Crippen LogP contribution is 2.32. The van der Waals surface area contributed by atoms with E-state index < -0.39 is 5.91 Å². The molecule has 1 fully saturated rings. The fourth-order valence-electron chi connectivity index (χ4n) is 3.90. The predicted octanol–water partition coefficient (Wildman–Crippen LogP) is 4.56. The maximum absolute atomic E-state index is 13.1. The molecule has 0 aliphatic carbocycles. The monoisotopic (exact) mass is 527 g/mol. The molecule has 8 nitrogen and oxygen atoms in total. The Labute approximate surface area is 215 Å². The highest BCUT2D eigenvalue weighted by Gasteiger charge is 2.28. The van der Waals surface area contributed by atoms with Crippen molar-refractivity contribution in [3.8, 4) is 0 Å². The summed E-state index contributed by atoms with van der Waals surface area (Å²) in [7, 11) is 0. The molecule has 0 radical (unpaired) electrons. The number of hydrogen-bond acceptors (Lipinski definition) is 8. The average molecular weight is 528 g/mol. The molecule has 3 N–H and O–H groups in total. The number of anilines is 1. The third-order valence-corrected chi connectivity index (χ3v) is 8.70. The van der Waals surface area contributed by atoms with Crippen LogP contribution in [-0.2, 0) is 0 Å². The Morgan fingerprint density at radius 2 is 2.06 bits per heavy atom. The van der Waals surface area contributed by atoms with Crippen LogP contribution in [-0.4, -0.2) is 51.4 Å². The number of carbonyl (C=O) groups is 3. The molecule has 35 heavy (non-hydrogen) atoms. The zero-order chi connectivity index (χ0) is 24.9. The largest absolute Gasteiger partial charge is 0.365 e. The molecule has 4 rings (SSSR count). The lowest BCUT2D eigenvalue weighted by Crippen LogP contribution is -2.38. The number of thiazole rings is 1. The van der Waals surface area contributed by atoms with Crippen molar-refractivity contribution in [2.75, 3.05) is 24.2 Å². The normalized spacial score (nSPS) is 14.0. The lowest BCUT2D eigenvalue weighted by molar-refractivity contribution is 0.0708. The quantitative estimate of drug-likeness (QED) is 0.328. The summed E-state index contributed by atoms with van der Waals surface area (Å²) in [5.74, 6) is -0.0874. The van der Waals surface area contributed by atoms with Gasteiger partial charge >= 0.3 is 0 Å². The molecule has 1 aliphatic heterocycles. The molecule has 0 saturated carbocycles. The van der Waals surface area contributed by atoms with Crippen LogP contribution in [0.25, 0.3) is 0 Å². The zero-order valence-electron chi connectivity index (χ0n) is 19.2. The average Bonchev–Trinajstić information content (AvgIpc) is 3.50. The number of carbonyl (C=O) groups excluding carboxylic acids is 3. The van der Waals surface area contributed by atoms with Crippen LogP contribution in [0.2, 0.25) is 0 Å². The molecule has 4 heterocycles. The topological polar surface area (TPSA) is 118 Å². The van der Waals surface area contributed by atoms with Crippen molar-refractivity contribution in [3.63, 3.8) is 0 Å². The third kappa shape index (κ3) is 5.63. The number of aryl methyl sites for hydroxylation is 1. The summed E-state index contributed by atoms with van der Waals surface area (Å²) < 4.78 is 0. The van der Waals surface area contributed by atoms with E-state index in [0.717, 1.165) is 28.4 Å². The first kappa shape index (κ1) is 25.1. The molecular formula is C24H25N5O3S3. The van der Waals surface area contributed by atoms with Crippen molar-refractivity contribution in [1.29, 1.82) is 0 Å². The van der Waals surface area contributed by atoms with Gasteiger partial charge in [0.25, 0.3) is 17.7 Å². The number of nitrogens with two attached hydrogens (primary N) is 1. The molecule has 0 spiro atoms. The second-order valence-electron chi connectivity index (χ2n) is 8.03. The van der Waals surface area contributed by atoms with Crippen LogP contribution in [0.3, 0.4) is 0 Å². The Balaban J connectivity index is 1.38. The molecule has 3 aromatic heterocycles. The molecule has 182 valence electrons. The van der Waals surface area contributed by atoms with E-state index in [1.807, 2.05) is 11.0 Å². The molecule has 0 atom stereocenters. The molecule has 3 aromatic rings. The standard InChI is InChI=1S/C24H25N5O3S3/c1-3-11-33-22-16(5-4-8-26-22)24(32)29-9-6-15(7-10-29)21-27-17(13-35-21)20(31)28-23-18(19(25)30)14(2)12-34-23/h3-5,8,12-13,15H,1,6-7,9-11H2,2H3,(H2,25,30)(H,28,31). The number of pyridine rings is 1. The van der Waals surface area contributed by atoms with Gasteiger partial charge in [-0.05, 0) is 42.8 Å². The van der Waals surface area contributed by atoms with Gasteiger partial charge in [0.05, 0.1) is 16.1 Å². The molecule has 3 amide bonds. The fraction of sp³-hybridized carbons (Fsp3) is 0.292. The van der Waals surface area contributed by atoms with Crippen molar-refractivity contribution in [2.45, 2.75) is 30.7 Å². The summed E-state index contributed by atoms with van der Waals surface area (Å²) in [4.78, 5) is 48.3. The van der Waals surface area contributed by atoms with Crippen LogP contribution in [0, 0.1) is 6.92 Å². The van der Waals surface area contributed by atoms with E-state index in [-0.39, 0.29) is 17.7 Å². The summed E-state index contributed by atoms with van der Waals surface area (Å²) in [6.07, 6.45) is 5.02. The molecule has 0 unspecified atom stereocenters. The van der Waals surface area contributed by atoms with Crippen LogP contribution >= 0.6 is 34.4 Å². The predicted molar refractivity (Wildman–Crippen MR) is 141 cm³/mol. The Bertz CT molecular complexity index is 1260. The smallest absolute Gasteiger partial charge is 0.275 e. The van der Waals surface area contributed by atoms with Crippen LogP contribution < -0.4 is 11.1 Å². The van der Waals surface area contributed by atoms with Gasteiger partial charge in [0, 0.05) is 36.3 Å². The van der Waals surface area contributed by atoms with Gasteiger partial charge in [0.15, 0.2) is 0 Å². The van der Waals surface area contributed by atoms with E-state index in [4.69, 9.17) is 5.73 Å². The summed E-state index contributed by atoms with van der Waals surface area (Å²) in [6.45, 7) is 6.73. The van der Waals surface area contributed by atoms with Gasteiger partial charge in [-0.15, -0.1) is 41.0 Å². The van der Waals surface area contributed by atoms with Crippen molar-refractivity contribution in [1.82, 2.24) is 14.9 Å². The molecule has 0 aromatic carbocycles. The first-order valence-electron chi connectivity index (χ1n) is 11.0. The van der Waals surface area contributed by atoms with E-state index in [9.17, 15) is 14.4 Å². The van der Waals surface area contributed by atoms with Gasteiger partial charge in [-0.1, -0.05) is 6.08 Å². The van der Waals surface area contributed by atoms with Crippen LogP contribution in [0.1, 0.15) is 60.5 Å². The summed E-state index contributed by atoms with van der Waals surface area (Å²) in [5.41, 5.74) is 7.43. The van der Waals surface area contributed by atoms with Gasteiger partial charge in [-0.25, -0.2) is 9.97 Å². The number of likely N-dealkylation sites (tertiary alicyclic amines) is 1. The number of nitrogens with zero attached hydrogens (tertiary/aromatic N) is 3. The SMILES string of the molecule is C=CCSc1ncccc1C(=O)N1CCC(c2nc(C(=O)Nc3scc(C)c3C(N)=O)cs2)CC1. The summed E-state index contributed by atoms with van der Waals surface area (Å²) in [5, 5.41) is 8.30. The second-order valence-corrected chi connectivity index (χ2v) is 10.8. The number of thioether (sulfide) groups is 1. The van der Waals surface area contributed by atoms with E-state index in [1.54, 1.807) is 36.0 Å². The molecule has 11 heteroatoms. The van der Waals surface area contributed by atoms with Gasteiger partial charge < -0.3 is 16.0 Å². The maximum Gasteiger partial charge on any atom is 0.275 e. The Morgan fingerprint density at radius 1 is 1.29 bits per heavy atom. The number of hydrogen-bond donors (Lipinski definition) is 2. The zero-order valence-corrected chi connectivity index (χ0v) is 21.6. The number of thiophene rings is 1. The highest BCUT2D eigenvalue weighted by atomic mass is 32.2. The van der Waals surface area contributed by atoms with Gasteiger partial charge in [0.2, 0.25) is 0 Å². The molecule has 0 bridgehead atoms. The Hall–Kier alpha value is -3.02. The molecule has 1 saturated heterocycles. The fourth-order valence-corrected chi connectivity index (χ4v) is 6.53. The maximum atomic E-state index is 13.1. The van der Waals surface area contributed by atoms with Gasteiger partial charge in [-0.3, -0.25) is 14.4 Å². The van der Waals surface area contributed by atoms with Gasteiger partial charge in [0.1, 0.15) is 15.7 Å². The van der Waals surface area contributed by atoms with Crippen molar-refractivity contribution < 1.29 is 14.4 Å². The number of aromatic nitrogens is 2. The lowest BCUT2D eigenvalue weighted by atomic mass is 9.97. The minimum absolute atomic E-state index is 0.0150. The first-order chi connectivity index (χ1) is 16.9. The summed E-state index contributed by atoms with van der Waals surface area (Å²) in [6, 6.07) is 3.60. The summed E-state index contributed by atoms with van der Waals surface area (Å²) >= 11 is 4.20. The van der Waals surface area contributed by atoms with E-state index in [0.29, 0.717) is 40.7 Å². The van der Waals surface area contributed by atoms with Crippen LogP contribution in [0.4, 0.5) is 5.00 Å². The Morgan fingerprint density at radius 3 is 2.77 bits per heavy atom. The number of piperidine rings is 1.